The minimum atomic E-state index is -3.60. The van der Waals surface area contributed by atoms with Crippen LogP contribution in [0.25, 0.3) is 0 Å². The first-order valence-corrected chi connectivity index (χ1v) is 11.0. The number of piperidine rings is 1. The highest BCUT2D eigenvalue weighted by molar-refractivity contribution is 7.89. The van der Waals surface area contributed by atoms with E-state index in [1.54, 1.807) is 31.4 Å². The van der Waals surface area contributed by atoms with Crippen molar-refractivity contribution in [1.82, 2.24) is 9.62 Å². The highest BCUT2D eigenvalue weighted by atomic mass is 32.2. The third kappa shape index (κ3) is 4.90. The van der Waals surface area contributed by atoms with Crippen molar-refractivity contribution in [2.45, 2.75) is 43.4 Å². The van der Waals surface area contributed by atoms with Gasteiger partial charge in [-0.05, 0) is 62.8 Å². The van der Waals surface area contributed by atoms with Crippen LogP contribution in [0.1, 0.15) is 38.5 Å². The Morgan fingerprint density at radius 1 is 1.22 bits per heavy atom. The van der Waals surface area contributed by atoms with Gasteiger partial charge in [0, 0.05) is 19.6 Å². The highest BCUT2D eigenvalue weighted by Gasteiger charge is 2.33. The van der Waals surface area contributed by atoms with Crippen LogP contribution in [-0.2, 0) is 14.8 Å². The summed E-state index contributed by atoms with van der Waals surface area (Å²) >= 11 is 0. The first-order valence-electron chi connectivity index (χ1n) is 9.60. The molecule has 27 heavy (non-hydrogen) atoms. The Balaban J connectivity index is 1.62. The van der Waals surface area contributed by atoms with Gasteiger partial charge in [0.05, 0.1) is 17.9 Å². The number of hydrogen-bond donors (Lipinski definition) is 1. The molecule has 0 aromatic heterocycles. The van der Waals surface area contributed by atoms with Gasteiger partial charge in [-0.2, -0.15) is 4.31 Å². The Morgan fingerprint density at radius 2 is 2.00 bits per heavy atom. The standard InChI is InChI=1S/C20H28N2O4S/c1-26-18-9-11-19(12-10-18)27(24,25)22-13-5-8-17(15-22)20(23)21-14-16-6-3-2-4-7-16/h6,9-12,17H,2-5,7-8,13-15H2,1H3,(H,21,23)/t17-/m1/s1. The third-order valence-electron chi connectivity index (χ3n) is 5.33. The fourth-order valence-electron chi connectivity index (χ4n) is 3.68. The maximum atomic E-state index is 12.9. The molecule has 0 bridgehead atoms. The summed E-state index contributed by atoms with van der Waals surface area (Å²) in [5, 5.41) is 3.00. The van der Waals surface area contributed by atoms with Gasteiger partial charge in [-0.25, -0.2) is 8.42 Å². The van der Waals surface area contributed by atoms with Crippen molar-refractivity contribution in [3.8, 4) is 5.75 Å². The van der Waals surface area contributed by atoms with Crippen molar-refractivity contribution in [3.63, 3.8) is 0 Å². The van der Waals surface area contributed by atoms with Crippen LogP contribution in [0.15, 0.2) is 40.8 Å². The Bertz CT molecular complexity index is 787. The molecule has 0 spiro atoms. The number of ether oxygens (including phenoxy) is 1. The third-order valence-corrected chi connectivity index (χ3v) is 7.21. The molecule has 1 aliphatic heterocycles. The molecule has 3 rings (SSSR count). The molecular weight excluding hydrogens is 364 g/mol. The summed E-state index contributed by atoms with van der Waals surface area (Å²) in [6, 6.07) is 6.37. The number of carbonyl (C=O) groups excluding carboxylic acids is 1. The number of benzene rings is 1. The van der Waals surface area contributed by atoms with E-state index in [1.807, 2.05) is 0 Å². The lowest BCUT2D eigenvalue weighted by atomic mass is 9.97. The zero-order valence-electron chi connectivity index (χ0n) is 15.8. The average molecular weight is 393 g/mol. The van der Waals surface area contributed by atoms with E-state index in [2.05, 4.69) is 11.4 Å². The first kappa shape index (κ1) is 19.9. The van der Waals surface area contributed by atoms with Crippen molar-refractivity contribution in [2.24, 2.45) is 5.92 Å². The molecule has 1 atom stereocenters. The van der Waals surface area contributed by atoms with Crippen LogP contribution >= 0.6 is 0 Å². The first-order chi connectivity index (χ1) is 13.0. The van der Waals surface area contributed by atoms with E-state index in [0.29, 0.717) is 25.3 Å². The lowest BCUT2D eigenvalue weighted by Crippen LogP contribution is -2.45. The lowest BCUT2D eigenvalue weighted by Gasteiger charge is -2.31. The largest absolute Gasteiger partial charge is 0.497 e. The molecule has 1 aliphatic carbocycles. The van der Waals surface area contributed by atoms with Crippen molar-refractivity contribution in [3.05, 3.63) is 35.9 Å². The maximum Gasteiger partial charge on any atom is 0.243 e. The number of rotatable bonds is 6. The lowest BCUT2D eigenvalue weighted by molar-refractivity contribution is -0.125. The molecule has 0 saturated carbocycles. The Hall–Kier alpha value is -1.86. The number of sulfonamides is 1. The van der Waals surface area contributed by atoms with Crippen LogP contribution in [0.2, 0.25) is 0 Å². The summed E-state index contributed by atoms with van der Waals surface area (Å²) in [5.41, 5.74) is 1.29. The number of carbonyl (C=O) groups is 1. The fourth-order valence-corrected chi connectivity index (χ4v) is 5.21. The second kappa shape index (κ2) is 8.89. The zero-order chi connectivity index (χ0) is 19.3. The maximum absolute atomic E-state index is 12.9. The van der Waals surface area contributed by atoms with Crippen LogP contribution in [0.3, 0.4) is 0 Å². The Labute approximate surface area is 161 Å². The van der Waals surface area contributed by atoms with Gasteiger partial charge in [-0.15, -0.1) is 0 Å². The van der Waals surface area contributed by atoms with Gasteiger partial charge in [0.25, 0.3) is 0 Å². The molecule has 7 heteroatoms. The molecular formula is C20H28N2O4S. The van der Waals surface area contributed by atoms with Crippen LogP contribution in [0, 0.1) is 5.92 Å². The molecule has 1 amide bonds. The SMILES string of the molecule is COc1ccc(S(=O)(=O)N2CCC[C@@H](C(=O)NCC3=CCCCC3)C2)cc1. The summed E-state index contributed by atoms with van der Waals surface area (Å²) in [6.07, 6.45) is 8.16. The van der Waals surface area contributed by atoms with Crippen molar-refractivity contribution < 1.29 is 17.9 Å². The summed E-state index contributed by atoms with van der Waals surface area (Å²) in [4.78, 5) is 12.8. The number of nitrogens with one attached hydrogen (secondary N) is 1. The van der Waals surface area contributed by atoms with Gasteiger partial charge in [0.1, 0.15) is 5.75 Å². The van der Waals surface area contributed by atoms with Gasteiger partial charge in [0.15, 0.2) is 0 Å². The van der Waals surface area contributed by atoms with Crippen LogP contribution in [0.4, 0.5) is 0 Å². The topological polar surface area (TPSA) is 75.7 Å². The highest BCUT2D eigenvalue weighted by Crippen LogP contribution is 2.25. The monoisotopic (exact) mass is 392 g/mol. The van der Waals surface area contributed by atoms with Gasteiger partial charge in [0.2, 0.25) is 15.9 Å². The number of amides is 1. The van der Waals surface area contributed by atoms with Gasteiger partial charge >= 0.3 is 0 Å². The normalized spacial score (nSPS) is 21.4. The second-order valence-corrected chi connectivity index (χ2v) is 9.14. The average Bonchev–Trinajstić information content (AvgIpc) is 2.73. The van der Waals surface area contributed by atoms with E-state index in [4.69, 9.17) is 4.74 Å². The summed E-state index contributed by atoms with van der Waals surface area (Å²) in [6.45, 7) is 1.27. The molecule has 1 aromatic carbocycles. The van der Waals surface area contributed by atoms with Crippen LogP contribution in [-0.4, -0.2) is 45.4 Å². The van der Waals surface area contributed by atoms with Crippen LogP contribution in [0.5, 0.6) is 5.75 Å². The van der Waals surface area contributed by atoms with E-state index in [1.165, 1.54) is 22.7 Å². The molecule has 0 unspecified atom stereocenters. The molecule has 2 aliphatic rings. The van der Waals surface area contributed by atoms with Crippen molar-refractivity contribution >= 4 is 15.9 Å². The fraction of sp³-hybridized carbons (Fsp3) is 0.550. The summed E-state index contributed by atoms with van der Waals surface area (Å²) in [7, 11) is -2.06. The quantitative estimate of drug-likeness (QED) is 0.756. The van der Waals surface area contributed by atoms with Crippen molar-refractivity contribution in [2.75, 3.05) is 26.7 Å². The van der Waals surface area contributed by atoms with Crippen LogP contribution < -0.4 is 10.1 Å². The van der Waals surface area contributed by atoms with Crippen molar-refractivity contribution in [1.29, 1.82) is 0 Å². The number of hydrogen-bond acceptors (Lipinski definition) is 4. The molecule has 1 aromatic rings. The molecule has 148 valence electrons. The van der Waals surface area contributed by atoms with E-state index in [-0.39, 0.29) is 23.3 Å². The van der Waals surface area contributed by atoms with E-state index in [0.717, 1.165) is 19.3 Å². The Morgan fingerprint density at radius 3 is 2.67 bits per heavy atom. The molecule has 1 fully saturated rings. The number of methoxy groups -OCH3 is 1. The predicted octanol–water partition coefficient (Wildman–Crippen LogP) is 2.71. The van der Waals surface area contributed by atoms with E-state index in [9.17, 15) is 13.2 Å². The molecule has 0 radical (unpaired) electrons. The second-order valence-electron chi connectivity index (χ2n) is 7.20. The zero-order valence-corrected chi connectivity index (χ0v) is 16.6. The number of allylic oxidation sites excluding steroid dienone is 1. The van der Waals surface area contributed by atoms with Gasteiger partial charge in [-0.3, -0.25) is 4.79 Å². The van der Waals surface area contributed by atoms with E-state index >= 15 is 0 Å². The minimum Gasteiger partial charge on any atom is -0.497 e. The molecule has 1 heterocycles. The minimum absolute atomic E-state index is 0.0453. The number of nitrogens with zero attached hydrogens (tertiary/aromatic N) is 1. The molecule has 1 saturated heterocycles. The molecule has 6 nitrogen and oxygen atoms in total. The van der Waals surface area contributed by atoms with Gasteiger partial charge < -0.3 is 10.1 Å². The summed E-state index contributed by atoms with van der Waals surface area (Å²) in [5.74, 6) is 0.272. The van der Waals surface area contributed by atoms with Gasteiger partial charge in [-0.1, -0.05) is 11.6 Å². The molecule has 1 N–H and O–H groups in total. The smallest absolute Gasteiger partial charge is 0.243 e. The predicted molar refractivity (Wildman–Crippen MR) is 104 cm³/mol. The summed E-state index contributed by atoms with van der Waals surface area (Å²) < 4.78 is 32.3. The van der Waals surface area contributed by atoms with E-state index < -0.39 is 10.0 Å². The Kier molecular flexibility index (Phi) is 6.55.